The second kappa shape index (κ2) is 5.54. The lowest BCUT2D eigenvalue weighted by Crippen LogP contribution is -2.37. The largest absolute Gasteiger partial charge is 0.490 e. The molecule has 2 heteroatoms. The van der Waals surface area contributed by atoms with Gasteiger partial charge in [0.15, 0.2) is 0 Å². The molecule has 3 rings (SSSR count). The molecule has 2 aliphatic carbocycles. The van der Waals surface area contributed by atoms with Gasteiger partial charge in [-0.1, -0.05) is 31.4 Å². The fraction of sp³-hybridized carbons (Fsp3) is 0.647. The van der Waals surface area contributed by atoms with Crippen molar-refractivity contribution >= 4 is 0 Å². The summed E-state index contributed by atoms with van der Waals surface area (Å²) in [5.41, 5.74) is 7.72. The number of hydrogen-bond acceptors (Lipinski definition) is 2. The maximum absolute atomic E-state index is 6.12. The van der Waals surface area contributed by atoms with Crippen LogP contribution < -0.4 is 10.5 Å². The van der Waals surface area contributed by atoms with Gasteiger partial charge < -0.3 is 10.5 Å². The van der Waals surface area contributed by atoms with E-state index in [0.29, 0.717) is 6.10 Å². The Morgan fingerprint density at radius 3 is 2.53 bits per heavy atom. The predicted octanol–water partition coefficient (Wildman–Crippen LogP) is 3.78. The first-order chi connectivity index (χ1) is 9.32. The van der Waals surface area contributed by atoms with E-state index in [1.165, 1.54) is 56.9 Å². The summed E-state index contributed by atoms with van der Waals surface area (Å²) in [6.45, 7) is 0.764. The maximum Gasteiger partial charge on any atom is 0.120 e. The van der Waals surface area contributed by atoms with Crippen LogP contribution in [0.2, 0.25) is 0 Å². The average Bonchev–Trinajstić information content (AvgIpc) is 2.44. The molecule has 2 fully saturated rings. The minimum Gasteiger partial charge on any atom is -0.490 e. The highest BCUT2D eigenvalue weighted by atomic mass is 16.5. The summed E-state index contributed by atoms with van der Waals surface area (Å²) >= 11 is 0. The van der Waals surface area contributed by atoms with E-state index in [4.69, 9.17) is 10.5 Å². The lowest BCUT2D eigenvalue weighted by molar-refractivity contribution is 0.120. The molecule has 0 aromatic heterocycles. The Morgan fingerprint density at radius 1 is 1.11 bits per heavy atom. The van der Waals surface area contributed by atoms with Crippen LogP contribution in [0.3, 0.4) is 0 Å². The Kier molecular flexibility index (Phi) is 3.79. The molecule has 0 atom stereocenters. The summed E-state index contributed by atoms with van der Waals surface area (Å²) in [7, 11) is 0. The van der Waals surface area contributed by atoms with E-state index < -0.39 is 0 Å². The van der Waals surface area contributed by atoms with Crippen LogP contribution in [0.25, 0.3) is 0 Å². The summed E-state index contributed by atoms with van der Waals surface area (Å²) in [5.74, 6) is 1.04. The van der Waals surface area contributed by atoms with Gasteiger partial charge in [0.2, 0.25) is 0 Å². The minimum atomic E-state index is 0.206. The van der Waals surface area contributed by atoms with Crippen LogP contribution in [0.15, 0.2) is 24.3 Å². The van der Waals surface area contributed by atoms with Crippen molar-refractivity contribution in [3.8, 4) is 5.75 Å². The zero-order chi connectivity index (χ0) is 13.1. The summed E-state index contributed by atoms with van der Waals surface area (Å²) in [6, 6.07) is 8.71. The van der Waals surface area contributed by atoms with E-state index in [-0.39, 0.29) is 5.41 Å². The quantitative estimate of drug-likeness (QED) is 0.893. The first kappa shape index (κ1) is 13.0. The molecule has 0 amide bonds. The van der Waals surface area contributed by atoms with Gasteiger partial charge in [0.1, 0.15) is 5.75 Å². The van der Waals surface area contributed by atoms with E-state index in [9.17, 15) is 0 Å². The van der Waals surface area contributed by atoms with Gasteiger partial charge in [-0.3, -0.25) is 0 Å². The van der Waals surface area contributed by atoms with Crippen LogP contribution in [0.4, 0.5) is 0 Å². The van der Waals surface area contributed by atoms with E-state index in [1.54, 1.807) is 0 Å². The summed E-state index contributed by atoms with van der Waals surface area (Å²) < 4.78 is 6.03. The molecule has 0 bridgehead atoms. The third kappa shape index (κ3) is 2.64. The topological polar surface area (TPSA) is 35.2 Å². The third-order valence-corrected chi connectivity index (χ3v) is 5.00. The predicted molar refractivity (Wildman–Crippen MR) is 78.5 cm³/mol. The first-order valence-corrected chi connectivity index (χ1v) is 7.80. The molecule has 104 valence electrons. The fourth-order valence-corrected chi connectivity index (χ4v) is 3.42. The van der Waals surface area contributed by atoms with Crippen molar-refractivity contribution in [1.29, 1.82) is 0 Å². The highest BCUT2D eigenvalue weighted by Gasteiger charge is 2.32. The average molecular weight is 259 g/mol. The molecule has 19 heavy (non-hydrogen) atoms. The second-order valence-corrected chi connectivity index (χ2v) is 6.24. The molecule has 0 aliphatic heterocycles. The van der Waals surface area contributed by atoms with Gasteiger partial charge in [-0.15, -0.1) is 0 Å². The third-order valence-electron chi connectivity index (χ3n) is 5.00. The van der Waals surface area contributed by atoms with E-state index in [0.717, 1.165) is 12.3 Å². The first-order valence-electron chi connectivity index (χ1n) is 7.80. The highest BCUT2D eigenvalue weighted by molar-refractivity contribution is 5.35. The second-order valence-electron chi connectivity index (χ2n) is 6.24. The van der Waals surface area contributed by atoms with Gasteiger partial charge >= 0.3 is 0 Å². The van der Waals surface area contributed by atoms with E-state index in [1.807, 2.05) is 0 Å². The molecule has 0 heterocycles. The minimum absolute atomic E-state index is 0.206. The highest BCUT2D eigenvalue weighted by Crippen LogP contribution is 2.40. The monoisotopic (exact) mass is 259 g/mol. The van der Waals surface area contributed by atoms with Crippen molar-refractivity contribution in [3.63, 3.8) is 0 Å². The molecule has 0 saturated heterocycles. The van der Waals surface area contributed by atoms with Gasteiger partial charge in [0, 0.05) is 12.0 Å². The van der Waals surface area contributed by atoms with Crippen LogP contribution in [0, 0.1) is 0 Å². The van der Waals surface area contributed by atoms with Crippen LogP contribution in [-0.4, -0.2) is 12.6 Å². The Balaban J connectivity index is 1.80. The van der Waals surface area contributed by atoms with Gasteiger partial charge in [-0.2, -0.15) is 0 Å². The number of nitrogens with two attached hydrogens (primary N) is 1. The number of hydrogen-bond donors (Lipinski definition) is 1. The molecular formula is C17H25NO. The van der Waals surface area contributed by atoms with E-state index >= 15 is 0 Å². The Labute approximate surface area is 116 Å². The molecular weight excluding hydrogens is 234 g/mol. The van der Waals surface area contributed by atoms with Gasteiger partial charge in [-0.05, 0) is 49.8 Å². The molecule has 1 aromatic carbocycles. The Bertz CT molecular complexity index is 419. The molecule has 2 N–H and O–H groups in total. The van der Waals surface area contributed by atoms with Crippen molar-refractivity contribution in [2.45, 2.75) is 62.9 Å². The zero-order valence-corrected chi connectivity index (χ0v) is 11.7. The molecule has 0 unspecified atom stereocenters. The Hall–Kier alpha value is -1.02. The van der Waals surface area contributed by atoms with Crippen LogP contribution in [0.1, 0.15) is 56.9 Å². The van der Waals surface area contributed by atoms with Crippen molar-refractivity contribution in [2.75, 3.05) is 6.54 Å². The van der Waals surface area contributed by atoms with Gasteiger partial charge in [-0.25, -0.2) is 0 Å². The van der Waals surface area contributed by atoms with Gasteiger partial charge in [0.05, 0.1) is 6.10 Å². The number of ether oxygens (including phenoxy) is 1. The van der Waals surface area contributed by atoms with Crippen molar-refractivity contribution in [1.82, 2.24) is 0 Å². The lowest BCUT2D eigenvalue weighted by atomic mass is 9.69. The number of rotatable bonds is 4. The van der Waals surface area contributed by atoms with E-state index in [2.05, 4.69) is 24.3 Å². The SMILES string of the molecule is NCC1(c2cccc(OC3CCC3)c2)CCCCC1. The van der Waals surface area contributed by atoms with Crippen LogP contribution >= 0.6 is 0 Å². The molecule has 0 spiro atoms. The van der Waals surface area contributed by atoms with Crippen molar-refractivity contribution < 1.29 is 4.74 Å². The Morgan fingerprint density at radius 2 is 1.89 bits per heavy atom. The molecule has 2 nitrogen and oxygen atoms in total. The van der Waals surface area contributed by atoms with Crippen molar-refractivity contribution in [3.05, 3.63) is 29.8 Å². The summed E-state index contributed by atoms with van der Waals surface area (Å²) in [4.78, 5) is 0. The molecule has 1 aromatic rings. The van der Waals surface area contributed by atoms with Gasteiger partial charge in [0.25, 0.3) is 0 Å². The summed E-state index contributed by atoms with van der Waals surface area (Å²) in [5, 5.41) is 0. The van der Waals surface area contributed by atoms with Crippen LogP contribution in [-0.2, 0) is 5.41 Å². The number of benzene rings is 1. The zero-order valence-electron chi connectivity index (χ0n) is 11.7. The lowest BCUT2D eigenvalue weighted by Gasteiger charge is -2.37. The standard InChI is InChI=1S/C17H25NO/c18-13-17(10-2-1-3-11-17)14-6-4-9-16(12-14)19-15-7-5-8-15/h4,6,9,12,15H,1-3,5,7-8,10-11,13,18H2. The summed E-state index contributed by atoms with van der Waals surface area (Å²) in [6.07, 6.45) is 10.6. The van der Waals surface area contributed by atoms with Crippen molar-refractivity contribution in [2.24, 2.45) is 5.73 Å². The fourth-order valence-electron chi connectivity index (χ4n) is 3.42. The smallest absolute Gasteiger partial charge is 0.120 e. The molecule has 2 aliphatic rings. The normalized spacial score (nSPS) is 22.8. The van der Waals surface area contributed by atoms with Crippen LogP contribution in [0.5, 0.6) is 5.75 Å². The molecule has 2 saturated carbocycles. The molecule has 0 radical (unpaired) electrons. The maximum atomic E-state index is 6.12.